The van der Waals surface area contributed by atoms with Crippen LogP contribution in [0.25, 0.3) is 0 Å². The van der Waals surface area contributed by atoms with E-state index < -0.39 is 0 Å². The summed E-state index contributed by atoms with van der Waals surface area (Å²) in [5.41, 5.74) is 1.32. The molecule has 0 aromatic carbocycles. The van der Waals surface area contributed by atoms with Gasteiger partial charge in [0.05, 0.1) is 12.9 Å². The van der Waals surface area contributed by atoms with Crippen LogP contribution in [-0.2, 0) is 4.74 Å². The summed E-state index contributed by atoms with van der Waals surface area (Å²) in [6.45, 7) is 9.60. The van der Waals surface area contributed by atoms with Crippen LogP contribution in [0.1, 0.15) is 47.0 Å². The van der Waals surface area contributed by atoms with E-state index in [4.69, 9.17) is 4.74 Å². The fourth-order valence-electron chi connectivity index (χ4n) is 0.859. The van der Waals surface area contributed by atoms with Crippen molar-refractivity contribution in [3.05, 3.63) is 11.8 Å². The molecule has 0 spiro atoms. The van der Waals surface area contributed by atoms with Gasteiger partial charge in [0.25, 0.3) is 0 Å². The van der Waals surface area contributed by atoms with Crippen molar-refractivity contribution in [2.45, 2.75) is 47.0 Å². The first kappa shape index (κ1) is 11.5. The van der Waals surface area contributed by atoms with Crippen molar-refractivity contribution in [2.24, 2.45) is 5.92 Å². The van der Waals surface area contributed by atoms with Crippen LogP contribution in [0.3, 0.4) is 0 Å². The lowest BCUT2D eigenvalue weighted by molar-refractivity contribution is 0.233. The summed E-state index contributed by atoms with van der Waals surface area (Å²) < 4.78 is 5.37. The number of hydrogen-bond acceptors (Lipinski definition) is 1. The highest BCUT2D eigenvalue weighted by atomic mass is 16.5. The van der Waals surface area contributed by atoms with Crippen LogP contribution < -0.4 is 0 Å². The molecule has 0 rings (SSSR count). The molecule has 0 radical (unpaired) electrons. The highest BCUT2D eigenvalue weighted by molar-refractivity contribution is 4.90. The van der Waals surface area contributed by atoms with E-state index in [0.717, 1.165) is 18.9 Å². The first-order valence-electron chi connectivity index (χ1n) is 4.94. The van der Waals surface area contributed by atoms with Crippen molar-refractivity contribution >= 4 is 0 Å². The van der Waals surface area contributed by atoms with Gasteiger partial charge in [-0.15, -0.1) is 0 Å². The zero-order valence-corrected chi connectivity index (χ0v) is 8.89. The van der Waals surface area contributed by atoms with Crippen molar-refractivity contribution in [2.75, 3.05) is 6.61 Å². The van der Waals surface area contributed by atoms with Crippen molar-refractivity contribution in [1.82, 2.24) is 0 Å². The quantitative estimate of drug-likeness (QED) is 0.435. The molecule has 1 nitrogen and oxygen atoms in total. The van der Waals surface area contributed by atoms with E-state index in [9.17, 15) is 0 Å². The molecule has 72 valence electrons. The third-order valence-corrected chi connectivity index (χ3v) is 1.89. The fraction of sp³-hybridized carbons (Fsp3) is 0.818. The third kappa shape index (κ3) is 7.64. The lowest BCUT2D eigenvalue weighted by Gasteiger charge is -2.04. The molecule has 0 aromatic heterocycles. The van der Waals surface area contributed by atoms with Gasteiger partial charge in [-0.3, -0.25) is 0 Å². The first-order chi connectivity index (χ1) is 5.66. The number of ether oxygens (including phenoxy) is 1. The van der Waals surface area contributed by atoms with E-state index in [1.807, 2.05) is 6.26 Å². The molecular formula is C11H22O. The summed E-state index contributed by atoms with van der Waals surface area (Å²) in [6, 6.07) is 0. The van der Waals surface area contributed by atoms with Crippen LogP contribution >= 0.6 is 0 Å². The van der Waals surface area contributed by atoms with Gasteiger partial charge in [-0.2, -0.15) is 0 Å². The Labute approximate surface area is 76.8 Å². The smallest absolute Gasteiger partial charge is 0.0873 e. The molecule has 0 saturated heterocycles. The number of allylic oxidation sites excluding steroid dienone is 1. The normalized spacial score (nSPS) is 12.2. The standard InChI is InChI=1S/C11H22O/c1-5-11(4)9-12-8-6-7-10(2)3/h9-10H,5-8H2,1-4H3/b11-9+. The molecule has 0 fully saturated rings. The van der Waals surface area contributed by atoms with Gasteiger partial charge in [0.15, 0.2) is 0 Å². The Hall–Kier alpha value is -0.460. The van der Waals surface area contributed by atoms with E-state index in [2.05, 4.69) is 27.7 Å². The second-order valence-corrected chi connectivity index (χ2v) is 3.72. The second-order valence-electron chi connectivity index (χ2n) is 3.72. The van der Waals surface area contributed by atoms with Crippen LogP contribution in [0.15, 0.2) is 11.8 Å². The van der Waals surface area contributed by atoms with Gasteiger partial charge in [0, 0.05) is 0 Å². The Morgan fingerprint density at radius 2 is 2.08 bits per heavy atom. The molecule has 0 atom stereocenters. The lowest BCUT2D eigenvalue weighted by atomic mass is 10.1. The molecule has 1 heteroatoms. The van der Waals surface area contributed by atoms with Crippen LogP contribution in [-0.4, -0.2) is 6.61 Å². The Morgan fingerprint density at radius 3 is 2.58 bits per heavy atom. The van der Waals surface area contributed by atoms with Crippen molar-refractivity contribution < 1.29 is 4.74 Å². The maximum Gasteiger partial charge on any atom is 0.0873 e. The van der Waals surface area contributed by atoms with E-state index in [-0.39, 0.29) is 0 Å². The van der Waals surface area contributed by atoms with Gasteiger partial charge in [0.1, 0.15) is 0 Å². The molecule has 0 aliphatic carbocycles. The van der Waals surface area contributed by atoms with Gasteiger partial charge in [-0.05, 0) is 37.7 Å². The van der Waals surface area contributed by atoms with Crippen LogP contribution in [0.4, 0.5) is 0 Å². The minimum absolute atomic E-state index is 0.796. The first-order valence-corrected chi connectivity index (χ1v) is 4.94. The molecule has 0 N–H and O–H groups in total. The molecule has 0 saturated carbocycles. The summed E-state index contributed by atoms with van der Waals surface area (Å²) in [5.74, 6) is 0.796. The predicted molar refractivity (Wildman–Crippen MR) is 54.1 cm³/mol. The zero-order chi connectivity index (χ0) is 9.40. The van der Waals surface area contributed by atoms with E-state index in [1.54, 1.807) is 0 Å². The average molecular weight is 170 g/mol. The maximum absolute atomic E-state index is 5.37. The van der Waals surface area contributed by atoms with E-state index >= 15 is 0 Å². The molecule has 0 aliphatic rings. The molecule has 0 bridgehead atoms. The van der Waals surface area contributed by atoms with E-state index in [0.29, 0.717) is 0 Å². The SMILES string of the molecule is CC/C(C)=C/OCCCC(C)C. The highest BCUT2D eigenvalue weighted by Crippen LogP contribution is 2.04. The van der Waals surface area contributed by atoms with Gasteiger partial charge < -0.3 is 4.74 Å². The number of rotatable bonds is 6. The second kappa shape index (κ2) is 7.20. The van der Waals surface area contributed by atoms with Gasteiger partial charge in [0.2, 0.25) is 0 Å². The highest BCUT2D eigenvalue weighted by Gasteiger charge is 1.92. The fourth-order valence-corrected chi connectivity index (χ4v) is 0.859. The van der Waals surface area contributed by atoms with Gasteiger partial charge in [-0.25, -0.2) is 0 Å². The Balaban J connectivity index is 3.21. The Morgan fingerprint density at radius 1 is 1.42 bits per heavy atom. The minimum Gasteiger partial charge on any atom is -0.501 e. The average Bonchev–Trinajstić information content (AvgIpc) is 2.03. The van der Waals surface area contributed by atoms with Crippen molar-refractivity contribution in [3.63, 3.8) is 0 Å². The molecular weight excluding hydrogens is 148 g/mol. The Kier molecular flexibility index (Phi) is 6.93. The number of hydrogen-bond donors (Lipinski definition) is 0. The largest absolute Gasteiger partial charge is 0.501 e. The van der Waals surface area contributed by atoms with Gasteiger partial charge >= 0.3 is 0 Å². The third-order valence-electron chi connectivity index (χ3n) is 1.89. The summed E-state index contributed by atoms with van der Waals surface area (Å²) >= 11 is 0. The van der Waals surface area contributed by atoms with Crippen molar-refractivity contribution in [1.29, 1.82) is 0 Å². The molecule has 0 aromatic rings. The van der Waals surface area contributed by atoms with Crippen LogP contribution in [0.5, 0.6) is 0 Å². The summed E-state index contributed by atoms with van der Waals surface area (Å²) in [5, 5.41) is 0. The topological polar surface area (TPSA) is 9.23 Å². The summed E-state index contributed by atoms with van der Waals surface area (Å²) in [6.07, 6.45) is 5.41. The Bertz CT molecular complexity index is 125. The summed E-state index contributed by atoms with van der Waals surface area (Å²) in [4.78, 5) is 0. The van der Waals surface area contributed by atoms with Gasteiger partial charge in [-0.1, -0.05) is 20.8 Å². The van der Waals surface area contributed by atoms with E-state index in [1.165, 1.54) is 18.4 Å². The molecule has 12 heavy (non-hydrogen) atoms. The molecule has 0 amide bonds. The lowest BCUT2D eigenvalue weighted by Crippen LogP contribution is -1.93. The predicted octanol–water partition coefficient (Wildman–Crippen LogP) is 3.75. The summed E-state index contributed by atoms with van der Waals surface area (Å²) in [7, 11) is 0. The zero-order valence-electron chi connectivity index (χ0n) is 8.89. The molecule has 0 aliphatic heterocycles. The van der Waals surface area contributed by atoms with Crippen LogP contribution in [0, 0.1) is 5.92 Å². The van der Waals surface area contributed by atoms with Crippen LogP contribution in [0.2, 0.25) is 0 Å². The molecule has 0 unspecified atom stereocenters. The van der Waals surface area contributed by atoms with Crippen molar-refractivity contribution in [3.8, 4) is 0 Å². The monoisotopic (exact) mass is 170 g/mol. The minimum atomic E-state index is 0.796. The molecule has 0 heterocycles. The maximum atomic E-state index is 5.37.